The second-order valence-electron chi connectivity index (χ2n) is 3.77. The van der Waals surface area contributed by atoms with Crippen LogP contribution in [0.4, 0.5) is 0 Å². The molecule has 0 aliphatic carbocycles. The topological polar surface area (TPSA) is 72.7 Å². The monoisotopic (exact) mass is 231 g/mol. The fourth-order valence-corrected chi connectivity index (χ4v) is 1.60. The number of carbonyl (C=O) groups is 1. The van der Waals surface area contributed by atoms with Crippen molar-refractivity contribution in [1.29, 1.82) is 0 Å². The van der Waals surface area contributed by atoms with Crippen LogP contribution in [0, 0.1) is 0 Å². The van der Waals surface area contributed by atoms with Crippen LogP contribution >= 0.6 is 0 Å². The molecule has 1 aromatic carbocycles. The fourth-order valence-electron chi connectivity index (χ4n) is 1.60. The van der Waals surface area contributed by atoms with Crippen molar-refractivity contribution in [3.05, 3.63) is 36.2 Å². The Kier molecular flexibility index (Phi) is 3.13. The molecule has 2 rings (SSSR count). The molecule has 88 valence electrons. The molecule has 1 amide bonds. The Hall–Kier alpha value is -2.24. The molecular formula is C11H13N5O. The lowest BCUT2D eigenvalue weighted by Crippen LogP contribution is -2.23. The van der Waals surface area contributed by atoms with Crippen LogP contribution in [0.5, 0.6) is 0 Å². The van der Waals surface area contributed by atoms with Crippen LogP contribution in [-0.4, -0.2) is 26.1 Å². The van der Waals surface area contributed by atoms with Gasteiger partial charge in [-0.05, 0) is 35.0 Å². The van der Waals surface area contributed by atoms with E-state index in [4.69, 9.17) is 0 Å². The first-order valence-corrected chi connectivity index (χ1v) is 5.27. The first-order chi connectivity index (χ1) is 8.16. The summed E-state index contributed by atoms with van der Waals surface area (Å²) in [5.41, 5.74) is 1.87. The molecule has 1 unspecified atom stereocenters. The first kappa shape index (κ1) is 11.3. The number of nitrogens with one attached hydrogen (secondary N) is 1. The van der Waals surface area contributed by atoms with Gasteiger partial charge in [0.1, 0.15) is 6.33 Å². The second kappa shape index (κ2) is 4.73. The summed E-state index contributed by atoms with van der Waals surface area (Å²) < 4.78 is 1.57. The smallest absolute Gasteiger partial charge is 0.217 e. The minimum Gasteiger partial charge on any atom is -0.350 e. The second-order valence-corrected chi connectivity index (χ2v) is 3.77. The average Bonchev–Trinajstić information content (AvgIpc) is 2.82. The largest absolute Gasteiger partial charge is 0.350 e. The zero-order valence-electron chi connectivity index (χ0n) is 9.66. The van der Waals surface area contributed by atoms with Crippen molar-refractivity contribution in [2.24, 2.45) is 0 Å². The SMILES string of the molecule is CC(=O)NC(C)c1cccc(-n2cnnn2)c1. The molecule has 0 saturated carbocycles. The minimum atomic E-state index is -0.0506. The number of nitrogens with zero attached hydrogens (tertiary/aromatic N) is 4. The van der Waals surface area contributed by atoms with Gasteiger partial charge in [-0.1, -0.05) is 12.1 Å². The molecule has 1 aromatic heterocycles. The zero-order valence-corrected chi connectivity index (χ0v) is 9.66. The number of carbonyl (C=O) groups excluding carboxylic acids is 1. The molecule has 0 bridgehead atoms. The maximum Gasteiger partial charge on any atom is 0.217 e. The van der Waals surface area contributed by atoms with Crippen molar-refractivity contribution in [3.8, 4) is 5.69 Å². The van der Waals surface area contributed by atoms with Gasteiger partial charge in [0, 0.05) is 6.92 Å². The van der Waals surface area contributed by atoms with E-state index >= 15 is 0 Å². The van der Waals surface area contributed by atoms with Gasteiger partial charge in [-0.25, -0.2) is 4.68 Å². The molecule has 1 atom stereocenters. The maximum absolute atomic E-state index is 11.0. The first-order valence-electron chi connectivity index (χ1n) is 5.27. The maximum atomic E-state index is 11.0. The van der Waals surface area contributed by atoms with Crippen LogP contribution in [0.2, 0.25) is 0 Å². The van der Waals surface area contributed by atoms with Crippen LogP contribution in [-0.2, 0) is 4.79 Å². The Morgan fingerprint density at radius 2 is 2.29 bits per heavy atom. The molecule has 6 nitrogen and oxygen atoms in total. The Morgan fingerprint density at radius 1 is 1.47 bits per heavy atom. The van der Waals surface area contributed by atoms with Crippen molar-refractivity contribution >= 4 is 5.91 Å². The van der Waals surface area contributed by atoms with E-state index in [-0.39, 0.29) is 11.9 Å². The van der Waals surface area contributed by atoms with Crippen LogP contribution < -0.4 is 5.32 Å². The summed E-state index contributed by atoms with van der Waals surface area (Å²) in [7, 11) is 0. The Labute approximate surface area is 98.6 Å². The quantitative estimate of drug-likeness (QED) is 0.850. The summed E-state index contributed by atoms with van der Waals surface area (Å²) in [4.78, 5) is 11.0. The van der Waals surface area contributed by atoms with Gasteiger partial charge in [0.15, 0.2) is 0 Å². The third-order valence-corrected chi connectivity index (χ3v) is 2.40. The predicted molar refractivity (Wildman–Crippen MR) is 61.4 cm³/mol. The molecule has 1 heterocycles. The number of tetrazole rings is 1. The van der Waals surface area contributed by atoms with E-state index in [1.807, 2.05) is 31.2 Å². The van der Waals surface area contributed by atoms with Gasteiger partial charge < -0.3 is 5.32 Å². The van der Waals surface area contributed by atoms with Gasteiger partial charge >= 0.3 is 0 Å². The highest BCUT2D eigenvalue weighted by molar-refractivity contribution is 5.73. The average molecular weight is 231 g/mol. The molecule has 17 heavy (non-hydrogen) atoms. The fraction of sp³-hybridized carbons (Fsp3) is 0.273. The van der Waals surface area contributed by atoms with E-state index in [0.717, 1.165) is 11.3 Å². The van der Waals surface area contributed by atoms with E-state index in [1.54, 1.807) is 4.68 Å². The lowest BCUT2D eigenvalue weighted by Gasteiger charge is -2.13. The molecule has 0 saturated heterocycles. The summed E-state index contributed by atoms with van der Waals surface area (Å²) in [6.07, 6.45) is 1.53. The van der Waals surface area contributed by atoms with Gasteiger partial charge in [0.2, 0.25) is 5.91 Å². The number of amides is 1. The highest BCUT2D eigenvalue weighted by atomic mass is 16.1. The van der Waals surface area contributed by atoms with Crippen molar-refractivity contribution in [1.82, 2.24) is 25.5 Å². The number of aromatic nitrogens is 4. The van der Waals surface area contributed by atoms with Crippen LogP contribution in [0.15, 0.2) is 30.6 Å². The van der Waals surface area contributed by atoms with Crippen molar-refractivity contribution in [2.75, 3.05) is 0 Å². The zero-order chi connectivity index (χ0) is 12.3. The van der Waals surface area contributed by atoms with E-state index in [9.17, 15) is 4.79 Å². The molecule has 6 heteroatoms. The summed E-state index contributed by atoms with van der Waals surface area (Å²) >= 11 is 0. The summed E-state index contributed by atoms with van der Waals surface area (Å²) in [6.45, 7) is 3.43. The van der Waals surface area contributed by atoms with Gasteiger partial charge in [0.25, 0.3) is 0 Å². The molecule has 0 radical (unpaired) electrons. The van der Waals surface area contributed by atoms with E-state index in [2.05, 4.69) is 20.8 Å². The van der Waals surface area contributed by atoms with E-state index in [0.29, 0.717) is 0 Å². The molecule has 0 fully saturated rings. The van der Waals surface area contributed by atoms with Crippen LogP contribution in [0.3, 0.4) is 0 Å². The standard InChI is InChI=1S/C11H13N5O/c1-8(13-9(2)17)10-4-3-5-11(6-10)16-7-12-14-15-16/h3-8H,1-2H3,(H,13,17). The third-order valence-electron chi connectivity index (χ3n) is 2.40. The van der Waals surface area contributed by atoms with Crippen LogP contribution in [0.25, 0.3) is 5.69 Å². The number of hydrogen-bond acceptors (Lipinski definition) is 4. The molecule has 0 spiro atoms. The molecule has 0 aliphatic heterocycles. The van der Waals surface area contributed by atoms with Gasteiger partial charge in [-0.3, -0.25) is 4.79 Å². The lowest BCUT2D eigenvalue weighted by atomic mass is 10.1. The van der Waals surface area contributed by atoms with E-state index < -0.39 is 0 Å². The Bertz CT molecular complexity index is 508. The van der Waals surface area contributed by atoms with Gasteiger partial charge in [-0.2, -0.15) is 0 Å². The Balaban J connectivity index is 2.25. The summed E-state index contributed by atoms with van der Waals surface area (Å²) in [5, 5.41) is 13.8. The van der Waals surface area contributed by atoms with E-state index in [1.165, 1.54) is 13.3 Å². The highest BCUT2D eigenvalue weighted by Gasteiger charge is 2.07. The van der Waals surface area contributed by atoms with Gasteiger partial charge in [0.05, 0.1) is 11.7 Å². The summed E-state index contributed by atoms with van der Waals surface area (Å²) in [5.74, 6) is -0.0506. The Morgan fingerprint density at radius 3 is 2.94 bits per heavy atom. The number of rotatable bonds is 3. The van der Waals surface area contributed by atoms with Crippen molar-refractivity contribution in [2.45, 2.75) is 19.9 Å². The van der Waals surface area contributed by atoms with Crippen molar-refractivity contribution < 1.29 is 4.79 Å². The molecule has 0 aliphatic rings. The normalized spacial score (nSPS) is 12.1. The number of hydrogen-bond donors (Lipinski definition) is 1. The molecule has 1 N–H and O–H groups in total. The van der Waals surface area contributed by atoms with Crippen LogP contribution in [0.1, 0.15) is 25.5 Å². The highest BCUT2D eigenvalue weighted by Crippen LogP contribution is 2.15. The molecular weight excluding hydrogens is 218 g/mol. The number of benzene rings is 1. The third kappa shape index (κ3) is 2.66. The van der Waals surface area contributed by atoms with Crippen molar-refractivity contribution in [3.63, 3.8) is 0 Å². The summed E-state index contributed by atoms with van der Waals surface area (Å²) in [6, 6.07) is 7.67. The minimum absolute atomic E-state index is 0.0380. The predicted octanol–water partition coefficient (Wildman–Crippen LogP) is 0.859. The lowest BCUT2D eigenvalue weighted by molar-refractivity contribution is -0.119. The van der Waals surface area contributed by atoms with Gasteiger partial charge in [-0.15, -0.1) is 5.10 Å². The molecule has 2 aromatic rings.